The zero-order valence-corrected chi connectivity index (χ0v) is 14.5. The average Bonchev–Trinajstić information content (AvgIpc) is 2.63. The van der Waals surface area contributed by atoms with Crippen LogP contribution in [0.1, 0.15) is 37.4 Å². The van der Waals surface area contributed by atoms with E-state index in [2.05, 4.69) is 0 Å². The zero-order valence-electron chi connectivity index (χ0n) is 13.8. The molecule has 3 atom stereocenters. The number of carboxylic acids is 1. The van der Waals surface area contributed by atoms with E-state index < -0.39 is 17.7 Å². The van der Waals surface area contributed by atoms with Crippen molar-refractivity contribution < 1.29 is 23.8 Å². The minimum Gasteiger partial charge on any atom is -0.481 e. The van der Waals surface area contributed by atoms with Crippen molar-refractivity contribution in [3.63, 3.8) is 0 Å². The van der Waals surface area contributed by atoms with E-state index in [1.807, 2.05) is 0 Å². The normalized spacial score (nSPS) is 27.1. The number of rotatable bonds is 3. The highest BCUT2D eigenvalue weighted by atomic mass is 35.5. The molecule has 3 unspecified atom stereocenters. The number of carbonyl (C=O) groups is 2. The number of morpholine rings is 1. The second kappa shape index (κ2) is 7.70. The number of carbonyl (C=O) groups excluding carboxylic acids is 1. The summed E-state index contributed by atoms with van der Waals surface area (Å²) in [6.45, 7) is 1.24. The maximum Gasteiger partial charge on any atom is 0.306 e. The molecule has 1 aromatic rings. The summed E-state index contributed by atoms with van der Waals surface area (Å²) in [5.74, 6) is -2.00. The molecule has 1 heterocycles. The first-order chi connectivity index (χ1) is 12.0. The summed E-state index contributed by atoms with van der Waals surface area (Å²) in [7, 11) is 0. The number of aliphatic carboxylic acids is 1. The minimum absolute atomic E-state index is 0.00698. The fourth-order valence-electron chi connectivity index (χ4n) is 3.66. The summed E-state index contributed by atoms with van der Waals surface area (Å²) in [6.07, 6.45) is 2.17. The average molecular weight is 370 g/mol. The highest BCUT2D eigenvalue weighted by molar-refractivity contribution is 6.30. The highest BCUT2D eigenvalue weighted by Gasteiger charge is 2.35. The number of benzene rings is 1. The van der Waals surface area contributed by atoms with Crippen molar-refractivity contribution in [2.24, 2.45) is 11.8 Å². The van der Waals surface area contributed by atoms with Crippen LogP contribution >= 0.6 is 11.6 Å². The van der Waals surface area contributed by atoms with E-state index in [-0.39, 0.29) is 23.0 Å². The van der Waals surface area contributed by atoms with Crippen LogP contribution in [-0.4, -0.2) is 41.6 Å². The van der Waals surface area contributed by atoms with Crippen LogP contribution < -0.4 is 0 Å². The Kier molecular flexibility index (Phi) is 5.59. The van der Waals surface area contributed by atoms with Crippen molar-refractivity contribution in [2.45, 2.75) is 31.8 Å². The van der Waals surface area contributed by atoms with E-state index >= 15 is 0 Å². The molecule has 136 valence electrons. The predicted octanol–water partition coefficient (Wildman–Crippen LogP) is 3.27. The molecule has 1 N–H and O–H groups in total. The van der Waals surface area contributed by atoms with Crippen LogP contribution in [0.2, 0.25) is 5.02 Å². The van der Waals surface area contributed by atoms with Crippen molar-refractivity contribution >= 4 is 23.5 Å². The molecule has 0 bridgehead atoms. The Morgan fingerprint density at radius 3 is 2.76 bits per heavy atom. The van der Waals surface area contributed by atoms with Crippen LogP contribution in [0.4, 0.5) is 4.39 Å². The van der Waals surface area contributed by atoms with Crippen molar-refractivity contribution in [2.75, 3.05) is 19.7 Å². The van der Waals surface area contributed by atoms with Gasteiger partial charge in [-0.3, -0.25) is 9.59 Å². The molecular weight excluding hydrogens is 349 g/mol. The number of halogens is 2. The van der Waals surface area contributed by atoms with Crippen LogP contribution in [0.3, 0.4) is 0 Å². The SMILES string of the molecule is O=C(O)C1CCCC(C(=O)N2CCOC(c3ccc(F)c(Cl)c3)C2)C1. The molecule has 1 aliphatic heterocycles. The van der Waals surface area contributed by atoms with Crippen LogP contribution in [0.5, 0.6) is 0 Å². The van der Waals surface area contributed by atoms with Crippen LogP contribution in [0.15, 0.2) is 18.2 Å². The van der Waals surface area contributed by atoms with Gasteiger partial charge in [0.15, 0.2) is 0 Å². The first-order valence-corrected chi connectivity index (χ1v) is 8.91. The van der Waals surface area contributed by atoms with Gasteiger partial charge in [0.05, 0.1) is 24.1 Å². The Balaban J connectivity index is 1.67. The topological polar surface area (TPSA) is 66.8 Å². The van der Waals surface area contributed by atoms with Gasteiger partial charge in [-0.05, 0) is 37.0 Å². The molecule has 3 rings (SSSR count). The molecule has 1 saturated heterocycles. The van der Waals surface area contributed by atoms with Gasteiger partial charge >= 0.3 is 5.97 Å². The molecule has 25 heavy (non-hydrogen) atoms. The number of carboxylic acid groups (broad SMARTS) is 1. The molecule has 0 aromatic heterocycles. The van der Waals surface area contributed by atoms with Crippen molar-refractivity contribution in [1.82, 2.24) is 4.90 Å². The number of amides is 1. The third-order valence-electron chi connectivity index (χ3n) is 5.07. The summed E-state index contributed by atoms with van der Waals surface area (Å²) >= 11 is 5.83. The second-order valence-electron chi connectivity index (χ2n) is 6.72. The van der Waals surface area contributed by atoms with Gasteiger partial charge in [-0.25, -0.2) is 4.39 Å². The maximum atomic E-state index is 13.3. The first-order valence-electron chi connectivity index (χ1n) is 8.54. The molecule has 5 nitrogen and oxygen atoms in total. The molecule has 2 aliphatic rings. The molecule has 0 spiro atoms. The van der Waals surface area contributed by atoms with Gasteiger partial charge in [0, 0.05) is 12.5 Å². The van der Waals surface area contributed by atoms with Gasteiger partial charge in [0.2, 0.25) is 5.91 Å². The number of hydrogen-bond acceptors (Lipinski definition) is 3. The summed E-state index contributed by atoms with van der Waals surface area (Å²) in [5.41, 5.74) is 0.732. The predicted molar refractivity (Wildman–Crippen MR) is 89.8 cm³/mol. The molecule has 1 saturated carbocycles. The fraction of sp³-hybridized carbons (Fsp3) is 0.556. The monoisotopic (exact) mass is 369 g/mol. The van der Waals surface area contributed by atoms with Gasteiger partial charge in [-0.2, -0.15) is 0 Å². The highest BCUT2D eigenvalue weighted by Crippen LogP contribution is 2.32. The van der Waals surface area contributed by atoms with Crippen molar-refractivity contribution in [3.8, 4) is 0 Å². The standard InChI is InChI=1S/C18H21ClFNO4/c19-14-9-11(4-5-15(14)20)16-10-21(6-7-25-16)17(22)12-2-1-3-13(8-12)18(23)24/h4-5,9,12-13,16H,1-3,6-8,10H2,(H,23,24). The van der Waals surface area contributed by atoms with E-state index in [9.17, 15) is 19.1 Å². The lowest BCUT2D eigenvalue weighted by Gasteiger charge is -2.37. The number of nitrogens with zero attached hydrogens (tertiary/aromatic N) is 1. The second-order valence-corrected chi connectivity index (χ2v) is 7.12. The minimum atomic E-state index is -0.821. The van der Waals surface area contributed by atoms with E-state index in [0.29, 0.717) is 32.5 Å². The number of hydrogen-bond donors (Lipinski definition) is 1. The van der Waals surface area contributed by atoms with E-state index in [0.717, 1.165) is 18.4 Å². The molecule has 1 aromatic carbocycles. The largest absolute Gasteiger partial charge is 0.481 e. The summed E-state index contributed by atoms with van der Waals surface area (Å²) in [5, 5.41) is 9.23. The molecular formula is C18H21ClFNO4. The van der Waals surface area contributed by atoms with Crippen LogP contribution in [0, 0.1) is 17.7 Å². The maximum absolute atomic E-state index is 13.3. The van der Waals surface area contributed by atoms with Crippen LogP contribution in [-0.2, 0) is 14.3 Å². The van der Waals surface area contributed by atoms with E-state index in [1.54, 1.807) is 11.0 Å². The fourth-order valence-corrected chi connectivity index (χ4v) is 3.85. The Labute approximate surface area is 150 Å². The van der Waals surface area contributed by atoms with E-state index in [1.165, 1.54) is 12.1 Å². The number of ether oxygens (including phenoxy) is 1. The summed E-state index contributed by atoms with van der Waals surface area (Å²) < 4.78 is 19.0. The summed E-state index contributed by atoms with van der Waals surface area (Å²) in [6, 6.07) is 4.43. The lowest BCUT2D eigenvalue weighted by atomic mass is 9.80. The van der Waals surface area contributed by atoms with Gasteiger partial charge < -0.3 is 14.7 Å². The van der Waals surface area contributed by atoms with E-state index in [4.69, 9.17) is 16.3 Å². The Hall–Kier alpha value is -1.66. The zero-order chi connectivity index (χ0) is 18.0. The first kappa shape index (κ1) is 18.1. The smallest absolute Gasteiger partial charge is 0.306 e. The third-order valence-corrected chi connectivity index (χ3v) is 5.36. The van der Waals surface area contributed by atoms with Gasteiger partial charge in [0.25, 0.3) is 0 Å². The van der Waals surface area contributed by atoms with Gasteiger partial charge in [0.1, 0.15) is 11.9 Å². The quantitative estimate of drug-likeness (QED) is 0.888. The van der Waals surface area contributed by atoms with Crippen molar-refractivity contribution in [1.29, 1.82) is 0 Å². The van der Waals surface area contributed by atoms with Gasteiger partial charge in [-0.1, -0.05) is 24.1 Å². The van der Waals surface area contributed by atoms with Crippen molar-refractivity contribution in [3.05, 3.63) is 34.6 Å². The lowest BCUT2D eigenvalue weighted by Crippen LogP contribution is -2.46. The van der Waals surface area contributed by atoms with Gasteiger partial charge in [-0.15, -0.1) is 0 Å². The third kappa shape index (κ3) is 4.12. The Morgan fingerprint density at radius 2 is 2.04 bits per heavy atom. The molecule has 1 amide bonds. The summed E-state index contributed by atoms with van der Waals surface area (Å²) in [4.78, 5) is 25.8. The lowest BCUT2D eigenvalue weighted by molar-refractivity contribution is -0.148. The van der Waals surface area contributed by atoms with Crippen LogP contribution in [0.25, 0.3) is 0 Å². The molecule has 1 aliphatic carbocycles. The molecule has 2 fully saturated rings. The Morgan fingerprint density at radius 1 is 1.28 bits per heavy atom. The Bertz CT molecular complexity index is 668. The molecule has 7 heteroatoms. The molecule has 0 radical (unpaired) electrons.